The number of nitrogens with two attached hydrogens (primary N) is 1. The summed E-state index contributed by atoms with van der Waals surface area (Å²) < 4.78 is 5.52. The Labute approximate surface area is 165 Å². The van der Waals surface area contributed by atoms with E-state index < -0.39 is 11.3 Å². The van der Waals surface area contributed by atoms with Crippen molar-refractivity contribution in [3.8, 4) is 24.0 Å². The molecule has 0 saturated heterocycles. The minimum Gasteiger partial charge on any atom is -0.494 e. The largest absolute Gasteiger partial charge is 0.494 e. The van der Waals surface area contributed by atoms with Gasteiger partial charge in [0.1, 0.15) is 11.8 Å². The predicted molar refractivity (Wildman–Crippen MR) is 105 cm³/mol. The van der Waals surface area contributed by atoms with Gasteiger partial charge in [-0.2, -0.15) is 15.8 Å². The van der Waals surface area contributed by atoms with Crippen LogP contribution in [0.4, 0.5) is 0 Å². The molecule has 3 rings (SSSR count). The smallest absolute Gasteiger partial charge is 0.191 e. The van der Waals surface area contributed by atoms with Crippen LogP contribution in [0.25, 0.3) is 0 Å². The van der Waals surface area contributed by atoms with Gasteiger partial charge in [0.15, 0.2) is 5.41 Å². The molecule has 0 spiro atoms. The number of hydrogen-bond donors (Lipinski definition) is 1. The van der Waals surface area contributed by atoms with Crippen LogP contribution in [0.3, 0.4) is 0 Å². The first-order valence-corrected chi connectivity index (χ1v) is 9.44. The third-order valence-electron chi connectivity index (χ3n) is 5.74. The quantitative estimate of drug-likeness (QED) is 0.869. The standard InChI is InChI=1S/C22H23N5O/c1-3-27-10-9-17-18(11-23)21(26)22(13-24,14-25)20(19(17)12-27)15-5-7-16(8-6-15)28-4-2/h5-9,19-20H,3-4,10,12,26H2,1-2H3/t19-,20-/m0/s1. The molecule has 1 aliphatic heterocycles. The predicted octanol–water partition coefficient (Wildman–Crippen LogP) is 2.83. The molecule has 142 valence electrons. The number of likely N-dealkylation sites (N-methyl/N-ethyl adjacent to an activating group) is 1. The number of allylic oxidation sites excluding steroid dienone is 2. The van der Waals surface area contributed by atoms with Crippen LogP contribution in [0.2, 0.25) is 0 Å². The lowest BCUT2D eigenvalue weighted by Gasteiger charge is -2.45. The fourth-order valence-corrected chi connectivity index (χ4v) is 4.31. The van der Waals surface area contributed by atoms with Crippen LogP contribution in [-0.2, 0) is 0 Å². The Hall–Kier alpha value is -3.27. The molecule has 6 heteroatoms. The van der Waals surface area contributed by atoms with Gasteiger partial charge in [0, 0.05) is 24.9 Å². The van der Waals surface area contributed by atoms with Gasteiger partial charge >= 0.3 is 0 Å². The third kappa shape index (κ3) is 2.91. The molecule has 0 amide bonds. The summed E-state index contributed by atoms with van der Waals surface area (Å²) in [6.07, 6.45) is 2.02. The van der Waals surface area contributed by atoms with Gasteiger partial charge in [-0.15, -0.1) is 0 Å². The first kappa shape index (κ1) is 19.5. The molecule has 0 fully saturated rings. The molecule has 2 N–H and O–H groups in total. The van der Waals surface area contributed by atoms with Crippen LogP contribution in [0, 0.1) is 45.3 Å². The van der Waals surface area contributed by atoms with Crippen LogP contribution >= 0.6 is 0 Å². The van der Waals surface area contributed by atoms with Crippen molar-refractivity contribution in [2.24, 2.45) is 17.1 Å². The number of nitriles is 3. The van der Waals surface area contributed by atoms with Crippen molar-refractivity contribution in [1.82, 2.24) is 4.90 Å². The second-order valence-corrected chi connectivity index (χ2v) is 7.03. The lowest BCUT2D eigenvalue weighted by atomic mass is 9.58. The molecular formula is C22H23N5O. The Kier molecular flexibility index (Phi) is 5.41. The van der Waals surface area contributed by atoms with Gasteiger partial charge in [0.05, 0.1) is 30.0 Å². The van der Waals surface area contributed by atoms with E-state index in [1.54, 1.807) is 0 Å². The zero-order chi connectivity index (χ0) is 20.3. The van der Waals surface area contributed by atoms with Crippen LogP contribution in [0.5, 0.6) is 5.75 Å². The summed E-state index contributed by atoms with van der Waals surface area (Å²) >= 11 is 0. The summed E-state index contributed by atoms with van der Waals surface area (Å²) in [5.41, 5.74) is 6.76. The SMILES string of the molecule is CCOc1ccc([C@H]2[C@H]3CN(CC)CC=C3C(C#N)=C(N)C2(C#N)C#N)cc1. The topological polar surface area (TPSA) is 110 Å². The van der Waals surface area contributed by atoms with E-state index in [0.717, 1.165) is 30.0 Å². The molecule has 2 atom stereocenters. The van der Waals surface area contributed by atoms with Gasteiger partial charge in [-0.05, 0) is 36.7 Å². The van der Waals surface area contributed by atoms with Crippen molar-refractivity contribution in [2.75, 3.05) is 26.2 Å². The highest BCUT2D eigenvalue weighted by Gasteiger charge is 2.54. The highest BCUT2D eigenvalue weighted by atomic mass is 16.5. The maximum absolute atomic E-state index is 10.1. The monoisotopic (exact) mass is 373 g/mol. The van der Waals surface area contributed by atoms with Crippen LogP contribution in [-0.4, -0.2) is 31.1 Å². The Bertz CT molecular complexity index is 925. The lowest BCUT2D eigenvalue weighted by molar-refractivity contribution is 0.214. The fourth-order valence-electron chi connectivity index (χ4n) is 4.31. The van der Waals surface area contributed by atoms with Crippen LogP contribution in [0.1, 0.15) is 25.3 Å². The van der Waals surface area contributed by atoms with Crippen molar-refractivity contribution in [1.29, 1.82) is 15.8 Å². The molecular weight excluding hydrogens is 350 g/mol. The van der Waals surface area contributed by atoms with E-state index in [9.17, 15) is 15.8 Å². The van der Waals surface area contributed by atoms with Crippen LogP contribution < -0.4 is 10.5 Å². The van der Waals surface area contributed by atoms with E-state index in [1.165, 1.54) is 0 Å². The highest BCUT2D eigenvalue weighted by molar-refractivity contribution is 5.59. The van der Waals surface area contributed by atoms with E-state index in [1.807, 2.05) is 37.3 Å². The number of benzene rings is 1. The van der Waals surface area contributed by atoms with Crippen molar-refractivity contribution >= 4 is 0 Å². The molecule has 0 bridgehead atoms. The third-order valence-corrected chi connectivity index (χ3v) is 5.74. The summed E-state index contributed by atoms with van der Waals surface area (Å²) in [6, 6.07) is 14.0. The Morgan fingerprint density at radius 3 is 2.39 bits per heavy atom. The van der Waals surface area contributed by atoms with Crippen molar-refractivity contribution in [3.63, 3.8) is 0 Å². The minimum absolute atomic E-state index is 0.0614. The van der Waals surface area contributed by atoms with Gasteiger partial charge in [0.25, 0.3) is 0 Å². The number of fused-ring (bicyclic) bond motifs is 1. The summed E-state index contributed by atoms with van der Waals surface area (Å²) in [6.45, 7) is 6.80. The molecule has 0 saturated carbocycles. The van der Waals surface area contributed by atoms with E-state index in [-0.39, 0.29) is 17.2 Å². The molecule has 1 heterocycles. The summed E-state index contributed by atoms with van der Waals surface area (Å²) in [7, 11) is 0. The van der Waals surface area contributed by atoms with Gasteiger partial charge in [0.2, 0.25) is 0 Å². The molecule has 6 nitrogen and oxygen atoms in total. The molecule has 0 radical (unpaired) electrons. The van der Waals surface area contributed by atoms with Gasteiger partial charge in [-0.3, -0.25) is 4.90 Å². The number of ether oxygens (including phenoxy) is 1. The number of hydrogen-bond acceptors (Lipinski definition) is 6. The van der Waals surface area contributed by atoms with Crippen molar-refractivity contribution in [3.05, 3.63) is 52.7 Å². The summed E-state index contributed by atoms with van der Waals surface area (Å²) in [5.74, 6) is 0.112. The average molecular weight is 373 g/mol. The van der Waals surface area contributed by atoms with E-state index in [4.69, 9.17) is 10.5 Å². The fraction of sp³-hybridized carbons (Fsp3) is 0.409. The highest BCUT2D eigenvalue weighted by Crippen LogP contribution is 2.54. The zero-order valence-electron chi connectivity index (χ0n) is 16.1. The molecule has 0 aromatic heterocycles. The molecule has 1 aliphatic carbocycles. The summed E-state index contributed by atoms with van der Waals surface area (Å²) in [4.78, 5) is 2.24. The maximum Gasteiger partial charge on any atom is 0.191 e. The van der Waals surface area contributed by atoms with E-state index in [2.05, 4.69) is 30.0 Å². The van der Waals surface area contributed by atoms with E-state index >= 15 is 0 Å². The zero-order valence-corrected chi connectivity index (χ0v) is 16.1. The minimum atomic E-state index is -1.59. The molecule has 2 aliphatic rings. The number of nitrogens with zero attached hydrogens (tertiary/aromatic N) is 4. The van der Waals surface area contributed by atoms with Gasteiger partial charge in [-0.1, -0.05) is 25.1 Å². The first-order chi connectivity index (χ1) is 13.6. The maximum atomic E-state index is 10.1. The first-order valence-electron chi connectivity index (χ1n) is 9.44. The second kappa shape index (κ2) is 7.77. The van der Waals surface area contributed by atoms with Crippen molar-refractivity contribution < 1.29 is 4.74 Å². The molecule has 0 unspecified atom stereocenters. The summed E-state index contributed by atoms with van der Waals surface area (Å²) in [5, 5.41) is 29.8. The molecule has 1 aromatic carbocycles. The second-order valence-electron chi connectivity index (χ2n) is 7.03. The Morgan fingerprint density at radius 2 is 1.86 bits per heavy atom. The van der Waals surface area contributed by atoms with Crippen molar-refractivity contribution in [2.45, 2.75) is 19.8 Å². The average Bonchev–Trinajstić information content (AvgIpc) is 2.73. The van der Waals surface area contributed by atoms with Crippen LogP contribution in [0.15, 0.2) is 47.2 Å². The normalized spacial score (nSPS) is 23.6. The molecule has 1 aromatic rings. The van der Waals surface area contributed by atoms with Gasteiger partial charge < -0.3 is 10.5 Å². The Balaban J connectivity index is 2.22. The Morgan fingerprint density at radius 1 is 1.18 bits per heavy atom. The van der Waals surface area contributed by atoms with E-state index in [0.29, 0.717) is 13.2 Å². The van der Waals surface area contributed by atoms with Gasteiger partial charge in [-0.25, -0.2) is 0 Å². The lowest BCUT2D eigenvalue weighted by Crippen LogP contribution is -2.48. The number of rotatable bonds is 4. The molecule has 28 heavy (non-hydrogen) atoms.